The van der Waals surface area contributed by atoms with Gasteiger partial charge in [0.05, 0.1) is 6.10 Å². The zero-order valence-corrected chi connectivity index (χ0v) is 19.1. The third-order valence-corrected chi connectivity index (χ3v) is 5.39. The van der Waals surface area contributed by atoms with Crippen molar-refractivity contribution in [1.82, 2.24) is 15.1 Å². The van der Waals surface area contributed by atoms with E-state index in [1.165, 1.54) is 17.2 Å². The predicted octanol–water partition coefficient (Wildman–Crippen LogP) is 4.76. The number of ether oxygens (including phenoxy) is 1. The van der Waals surface area contributed by atoms with Gasteiger partial charge in [-0.15, -0.1) is 0 Å². The third kappa shape index (κ3) is 4.74. The molecule has 0 spiro atoms. The zero-order valence-electron chi connectivity index (χ0n) is 19.1. The van der Waals surface area contributed by atoms with Gasteiger partial charge in [-0.05, 0) is 44.9 Å². The van der Waals surface area contributed by atoms with Crippen molar-refractivity contribution in [3.63, 3.8) is 0 Å². The van der Waals surface area contributed by atoms with E-state index in [-0.39, 0.29) is 23.8 Å². The molecule has 1 N–H and O–H groups in total. The monoisotopic (exact) mass is 445 g/mol. The van der Waals surface area contributed by atoms with E-state index < -0.39 is 28.9 Å². The van der Waals surface area contributed by atoms with Crippen LogP contribution in [0.3, 0.4) is 0 Å². The van der Waals surface area contributed by atoms with Gasteiger partial charge in [0.25, 0.3) is 5.91 Å². The van der Waals surface area contributed by atoms with Crippen LogP contribution in [-0.4, -0.2) is 39.6 Å². The fourth-order valence-electron chi connectivity index (χ4n) is 3.96. The molecule has 1 aromatic carbocycles. The molecule has 0 unspecified atom stereocenters. The molecule has 2 aromatic rings. The molecule has 2 heterocycles. The minimum atomic E-state index is -1.11. The Morgan fingerprint density at radius 1 is 1.25 bits per heavy atom. The number of nitrogens with one attached hydrogen (secondary N) is 1. The molecule has 8 heteroatoms. The summed E-state index contributed by atoms with van der Waals surface area (Å²) in [5, 5.41) is 7.49. The Morgan fingerprint density at radius 3 is 2.59 bits per heavy atom. The van der Waals surface area contributed by atoms with Crippen LogP contribution in [0.25, 0.3) is 5.57 Å². The Bertz CT molecular complexity index is 1060. The number of H-pyrrole nitrogens is 1. The quantitative estimate of drug-likeness (QED) is 0.651. The molecule has 0 radical (unpaired) electrons. The van der Waals surface area contributed by atoms with Crippen molar-refractivity contribution in [2.75, 3.05) is 6.54 Å². The molecule has 3 rings (SSSR count). The highest BCUT2D eigenvalue weighted by Gasteiger charge is 2.38. The molecule has 0 atom stereocenters. The van der Waals surface area contributed by atoms with Gasteiger partial charge in [-0.3, -0.25) is 9.89 Å². The number of aryl methyl sites for hydroxylation is 1. The number of carbonyl (C=O) groups is 2. The molecule has 0 saturated heterocycles. The van der Waals surface area contributed by atoms with Crippen molar-refractivity contribution in [3.05, 3.63) is 58.5 Å². The van der Waals surface area contributed by atoms with Gasteiger partial charge in [-0.1, -0.05) is 27.2 Å². The number of esters is 1. The summed E-state index contributed by atoms with van der Waals surface area (Å²) in [6.45, 7) is 9.71. The van der Waals surface area contributed by atoms with E-state index in [4.69, 9.17) is 4.74 Å². The summed E-state index contributed by atoms with van der Waals surface area (Å²) in [5.41, 5.74) is 1.79. The summed E-state index contributed by atoms with van der Waals surface area (Å²) in [4.78, 5) is 27.6. The minimum absolute atomic E-state index is 0.0140. The molecular formula is C24H29F2N3O3. The van der Waals surface area contributed by atoms with E-state index in [9.17, 15) is 18.4 Å². The summed E-state index contributed by atoms with van der Waals surface area (Å²) in [6, 6.07) is 3.00. The molecule has 32 heavy (non-hydrogen) atoms. The number of hydrogen-bond acceptors (Lipinski definition) is 4. The normalized spacial score (nSPS) is 15.2. The number of unbranched alkanes of at least 4 members (excludes halogenated alkanes) is 1. The Hall–Kier alpha value is -3.03. The Balaban J connectivity index is 2.11. The van der Waals surface area contributed by atoms with Crippen molar-refractivity contribution < 1.29 is 23.1 Å². The second-order valence-electron chi connectivity index (χ2n) is 8.97. The lowest BCUT2D eigenvalue weighted by Crippen LogP contribution is -2.37. The lowest BCUT2D eigenvalue weighted by atomic mass is 9.81. The van der Waals surface area contributed by atoms with Crippen molar-refractivity contribution >= 4 is 17.4 Å². The van der Waals surface area contributed by atoms with Crippen LogP contribution < -0.4 is 0 Å². The number of amides is 1. The van der Waals surface area contributed by atoms with Gasteiger partial charge in [0.2, 0.25) is 0 Å². The summed E-state index contributed by atoms with van der Waals surface area (Å²) in [6.07, 6.45) is 3.74. The lowest BCUT2D eigenvalue weighted by molar-refractivity contribution is -0.140. The summed E-state index contributed by atoms with van der Waals surface area (Å²) >= 11 is 0. The van der Waals surface area contributed by atoms with E-state index in [2.05, 4.69) is 17.1 Å². The molecule has 1 aliphatic heterocycles. The zero-order chi connectivity index (χ0) is 23.6. The van der Waals surface area contributed by atoms with Crippen LogP contribution >= 0.6 is 0 Å². The highest BCUT2D eigenvalue weighted by Crippen LogP contribution is 2.37. The average molecular weight is 446 g/mol. The highest BCUT2D eigenvalue weighted by molar-refractivity contribution is 6.17. The number of halogens is 2. The van der Waals surface area contributed by atoms with Crippen LogP contribution in [0, 0.1) is 11.6 Å². The van der Waals surface area contributed by atoms with Gasteiger partial charge >= 0.3 is 5.97 Å². The summed E-state index contributed by atoms with van der Waals surface area (Å²) < 4.78 is 32.6. The number of nitrogens with zero attached hydrogens (tertiary/aromatic N) is 2. The molecule has 6 nitrogen and oxygen atoms in total. The maximum Gasteiger partial charge on any atom is 0.342 e. The van der Waals surface area contributed by atoms with Gasteiger partial charge in [-0.2, -0.15) is 5.10 Å². The lowest BCUT2D eigenvalue weighted by Gasteiger charge is -2.30. The second-order valence-corrected chi connectivity index (χ2v) is 8.97. The SMILES string of the molecule is CCCCc1[nH]nc2c1C(C)(C)CN(C(=O)c1ccc(F)c(F)c1)C=C2C(=O)OC(C)C. The molecule has 1 amide bonds. The molecule has 172 valence electrons. The number of aromatic nitrogens is 2. The first kappa shape index (κ1) is 23.6. The van der Waals surface area contributed by atoms with E-state index in [1.54, 1.807) is 13.8 Å². The number of fused-ring (bicyclic) bond motifs is 1. The summed E-state index contributed by atoms with van der Waals surface area (Å²) in [7, 11) is 0. The Kier molecular flexibility index (Phi) is 6.81. The van der Waals surface area contributed by atoms with Crippen LogP contribution in [-0.2, 0) is 21.4 Å². The van der Waals surface area contributed by atoms with Crippen LogP contribution in [0.1, 0.15) is 74.8 Å². The van der Waals surface area contributed by atoms with Crippen LogP contribution in [0.15, 0.2) is 24.4 Å². The fourth-order valence-corrected chi connectivity index (χ4v) is 3.96. The van der Waals surface area contributed by atoms with Gasteiger partial charge in [-0.25, -0.2) is 13.6 Å². The minimum Gasteiger partial charge on any atom is -0.459 e. The van der Waals surface area contributed by atoms with Crippen LogP contribution in [0.4, 0.5) is 8.78 Å². The smallest absolute Gasteiger partial charge is 0.342 e. The molecule has 0 aliphatic carbocycles. The molecule has 1 aliphatic rings. The van der Waals surface area contributed by atoms with E-state index in [0.717, 1.165) is 42.7 Å². The number of hydrogen-bond donors (Lipinski definition) is 1. The Labute approximate surface area is 186 Å². The highest BCUT2D eigenvalue weighted by atomic mass is 19.2. The molecular weight excluding hydrogens is 416 g/mol. The predicted molar refractivity (Wildman–Crippen MR) is 117 cm³/mol. The fraction of sp³-hybridized carbons (Fsp3) is 0.458. The standard InChI is InChI=1S/C24H29F2N3O3/c1-6-7-8-19-20-21(28-27-19)16(23(31)32-14(2)3)12-29(13-24(20,4)5)22(30)15-9-10-17(25)18(26)11-15/h9-12,14H,6-8,13H2,1-5H3,(H,27,28). The van der Waals surface area contributed by atoms with Gasteiger partial charge in [0.15, 0.2) is 11.6 Å². The van der Waals surface area contributed by atoms with Crippen molar-refractivity contribution in [3.8, 4) is 0 Å². The van der Waals surface area contributed by atoms with Crippen molar-refractivity contribution in [1.29, 1.82) is 0 Å². The van der Waals surface area contributed by atoms with Crippen molar-refractivity contribution in [2.45, 2.75) is 65.4 Å². The van der Waals surface area contributed by atoms with E-state index >= 15 is 0 Å². The van der Waals surface area contributed by atoms with Crippen LogP contribution in [0.2, 0.25) is 0 Å². The Morgan fingerprint density at radius 2 is 1.97 bits per heavy atom. The number of rotatable bonds is 6. The van der Waals surface area contributed by atoms with Gasteiger partial charge in [0.1, 0.15) is 11.3 Å². The summed E-state index contributed by atoms with van der Waals surface area (Å²) in [5.74, 6) is -3.29. The van der Waals surface area contributed by atoms with E-state index in [0.29, 0.717) is 5.69 Å². The molecule has 0 saturated carbocycles. The van der Waals surface area contributed by atoms with Gasteiger partial charge < -0.3 is 9.64 Å². The second kappa shape index (κ2) is 9.22. The molecule has 0 bridgehead atoms. The van der Waals surface area contributed by atoms with Gasteiger partial charge in [0, 0.05) is 35.0 Å². The molecule has 1 aromatic heterocycles. The first-order chi connectivity index (χ1) is 15.0. The number of benzene rings is 1. The topological polar surface area (TPSA) is 75.3 Å². The number of aromatic amines is 1. The molecule has 0 fully saturated rings. The number of carbonyl (C=O) groups excluding carboxylic acids is 2. The maximum absolute atomic E-state index is 13.8. The first-order valence-corrected chi connectivity index (χ1v) is 10.8. The maximum atomic E-state index is 13.8. The average Bonchev–Trinajstić information content (AvgIpc) is 3.10. The van der Waals surface area contributed by atoms with Crippen LogP contribution in [0.5, 0.6) is 0 Å². The largest absolute Gasteiger partial charge is 0.459 e. The third-order valence-electron chi connectivity index (χ3n) is 5.39. The first-order valence-electron chi connectivity index (χ1n) is 10.8. The van der Waals surface area contributed by atoms with E-state index in [1.807, 2.05) is 13.8 Å². The van der Waals surface area contributed by atoms with Crippen molar-refractivity contribution in [2.24, 2.45) is 0 Å².